The molecule has 0 aliphatic carbocycles. The third-order valence-electron chi connectivity index (χ3n) is 6.25. The van der Waals surface area contributed by atoms with Gasteiger partial charge in [0.1, 0.15) is 11.6 Å². The molecule has 3 heterocycles. The second kappa shape index (κ2) is 9.94. The maximum absolute atomic E-state index is 13.0. The molecule has 0 bridgehead atoms. The lowest BCUT2D eigenvalue weighted by molar-refractivity contribution is -0.137. The maximum Gasteiger partial charge on any atom is 0.261 e. The molecule has 9 nitrogen and oxygen atoms in total. The number of likely N-dealkylation sites (tertiary alicyclic amines) is 1. The standard InChI is InChI=1S/C25H28N6O3/c32-22-16-30(14-12-26-22)19-8-6-7-18(15-19)24-27-25(29-28-24)21-11-4-5-13-31(21)23(33)17-34-20-9-2-1-3-10-20/h1-3,6-10,15,21H,4-5,11-14,16-17H2,(H,26,32)(H,27,28,29). The number of hydrogen-bond donors (Lipinski definition) is 2. The van der Waals surface area contributed by atoms with Crippen molar-refractivity contribution in [2.75, 3.05) is 37.7 Å². The van der Waals surface area contributed by atoms with Gasteiger partial charge in [0.2, 0.25) is 5.91 Å². The van der Waals surface area contributed by atoms with Crippen molar-refractivity contribution in [3.8, 4) is 17.1 Å². The molecular weight excluding hydrogens is 432 g/mol. The number of benzene rings is 2. The zero-order chi connectivity index (χ0) is 23.3. The molecule has 1 aromatic heterocycles. The predicted octanol–water partition coefficient (Wildman–Crippen LogP) is 2.54. The number of nitrogens with one attached hydrogen (secondary N) is 2. The lowest BCUT2D eigenvalue weighted by Crippen LogP contribution is -2.47. The topological polar surface area (TPSA) is 103 Å². The van der Waals surface area contributed by atoms with Gasteiger partial charge < -0.3 is 19.9 Å². The first kappa shape index (κ1) is 21.9. The molecule has 5 rings (SSSR count). The smallest absolute Gasteiger partial charge is 0.261 e. The van der Waals surface area contributed by atoms with E-state index in [0.29, 0.717) is 37.0 Å². The highest BCUT2D eigenvalue weighted by molar-refractivity contribution is 5.83. The van der Waals surface area contributed by atoms with Crippen LogP contribution < -0.4 is 15.0 Å². The molecule has 176 valence electrons. The van der Waals surface area contributed by atoms with Crippen LogP contribution in [0.3, 0.4) is 0 Å². The largest absolute Gasteiger partial charge is 0.484 e. The minimum Gasteiger partial charge on any atom is -0.484 e. The van der Waals surface area contributed by atoms with Gasteiger partial charge in [-0.05, 0) is 43.5 Å². The third kappa shape index (κ3) is 4.88. The first-order chi connectivity index (χ1) is 16.7. The van der Waals surface area contributed by atoms with Gasteiger partial charge in [0, 0.05) is 30.9 Å². The van der Waals surface area contributed by atoms with Crippen molar-refractivity contribution in [3.05, 3.63) is 60.4 Å². The molecule has 0 spiro atoms. The first-order valence-corrected chi connectivity index (χ1v) is 11.7. The van der Waals surface area contributed by atoms with E-state index in [2.05, 4.69) is 15.5 Å². The van der Waals surface area contributed by atoms with Gasteiger partial charge in [-0.2, -0.15) is 5.10 Å². The summed E-state index contributed by atoms with van der Waals surface area (Å²) >= 11 is 0. The molecule has 1 unspecified atom stereocenters. The van der Waals surface area contributed by atoms with E-state index in [-0.39, 0.29) is 24.5 Å². The average molecular weight is 461 g/mol. The number of rotatable bonds is 6. The molecule has 2 aliphatic rings. The SMILES string of the molecule is O=C1CN(c2cccc(-c3n[nH]c(C4CCCCN4C(=O)COc4ccccc4)n3)c2)CCN1. The second-order valence-electron chi connectivity index (χ2n) is 8.57. The summed E-state index contributed by atoms with van der Waals surface area (Å²) in [4.78, 5) is 33.4. The summed E-state index contributed by atoms with van der Waals surface area (Å²) in [5.74, 6) is 1.91. The van der Waals surface area contributed by atoms with Crippen LogP contribution in [0.5, 0.6) is 5.75 Å². The number of H-pyrrole nitrogens is 1. The highest BCUT2D eigenvalue weighted by Crippen LogP contribution is 2.31. The Hall–Kier alpha value is -3.88. The molecule has 2 saturated heterocycles. The molecule has 0 radical (unpaired) electrons. The summed E-state index contributed by atoms with van der Waals surface area (Å²) in [6, 6.07) is 17.1. The van der Waals surface area contributed by atoms with Crippen molar-refractivity contribution in [2.45, 2.75) is 25.3 Å². The van der Waals surface area contributed by atoms with E-state index in [1.807, 2.05) is 64.4 Å². The molecule has 2 aliphatic heterocycles. The Morgan fingerprint density at radius 2 is 1.97 bits per heavy atom. The predicted molar refractivity (Wildman–Crippen MR) is 127 cm³/mol. The number of nitrogens with zero attached hydrogens (tertiary/aromatic N) is 4. The zero-order valence-corrected chi connectivity index (χ0v) is 18.9. The van der Waals surface area contributed by atoms with Crippen molar-refractivity contribution in [3.63, 3.8) is 0 Å². The number of amides is 2. The van der Waals surface area contributed by atoms with Crippen LogP contribution in [0.1, 0.15) is 31.1 Å². The molecule has 3 aromatic rings. The fourth-order valence-corrected chi connectivity index (χ4v) is 4.51. The van der Waals surface area contributed by atoms with Crippen LogP contribution in [-0.2, 0) is 9.59 Å². The monoisotopic (exact) mass is 460 g/mol. The molecule has 2 N–H and O–H groups in total. The van der Waals surface area contributed by atoms with Crippen LogP contribution in [0, 0.1) is 0 Å². The fourth-order valence-electron chi connectivity index (χ4n) is 4.51. The van der Waals surface area contributed by atoms with Gasteiger partial charge in [0.15, 0.2) is 12.4 Å². The molecular formula is C25H28N6O3. The molecule has 2 amide bonds. The Morgan fingerprint density at radius 1 is 1.09 bits per heavy atom. The van der Waals surface area contributed by atoms with Crippen molar-refractivity contribution < 1.29 is 14.3 Å². The van der Waals surface area contributed by atoms with Crippen LogP contribution in [0.4, 0.5) is 5.69 Å². The fraction of sp³-hybridized carbons (Fsp3) is 0.360. The molecule has 1 atom stereocenters. The van der Waals surface area contributed by atoms with Crippen LogP contribution >= 0.6 is 0 Å². The number of ether oxygens (including phenoxy) is 1. The van der Waals surface area contributed by atoms with E-state index in [1.165, 1.54) is 0 Å². The number of aromatic nitrogens is 3. The molecule has 34 heavy (non-hydrogen) atoms. The normalized spacial score (nSPS) is 18.5. The van der Waals surface area contributed by atoms with Gasteiger partial charge in [0.25, 0.3) is 5.91 Å². The first-order valence-electron chi connectivity index (χ1n) is 11.7. The summed E-state index contributed by atoms with van der Waals surface area (Å²) in [6.45, 7) is 2.40. The third-order valence-corrected chi connectivity index (χ3v) is 6.25. The van der Waals surface area contributed by atoms with Crippen molar-refractivity contribution in [2.24, 2.45) is 0 Å². The second-order valence-corrected chi connectivity index (χ2v) is 8.57. The van der Waals surface area contributed by atoms with Gasteiger partial charge in [-0.25, -0.2) is 4.98 Å². The van der Waals surface area contributed by atoms with E-state index < -0.39 is 0 Å². The number of anilines is 1. The number of carbonyl (C=O) groups excluding carboxylic acids is 2. The molecule has 2 aromatic carbocycles. The summed E-state index contributed by atoms with van der Waals surface area (Å²) in [7, 11) is 0. The van der Waals surface area contributed by atoms with Crippen molar-refractivity contribution in [1.29, 1.82) is 0 Å². The lowest BCUT2D eigenvalue weighted by Gasteiger charge is -2.34. The zero-order valence-electron chi connectivity index (χ0n) is 18.9. The highest BCUT2D eigenvalue weighted by atomic mass is 16.5. The Bertz CT molecular complexity index is 1150. The summed E-state index contributed by atoms with van der Waals surface area (Å²) in [5.41, 5.74) is 1.83. The number of hydrogen-bond acceptors (Lipinski definition) is 6. The van der Waals surface area contributed by atoms with Crippen LogP contribution in [0.25, 0.3) is 11.4 Å². The average Bonchev–Trinajstić information content (AvgIpc) is 3.38. The number of carbonyl (C=O) groups is 2. The Labute approximate surface area is 198 Å². The maximum atomic E-state index is 13.0. The van der Waals surface area contributed by atoms with Gasteiger partial charge in [-0.1, -0.05) is 30.3 Å². The van der Waals surface area contributed by atoms with Crippen LogP contribution in [-0.4, -0.2) is 64.7 Å². The highest BCUT2D eigenvalue weighted by Gasteiger charge is 2.31. The van der Waals surface area contributed by atoms with E-state index in [0.717, 1.165) is 37.1 Å². The number of piperidine rings is 1. The summed E-state index contributed by atoms with van der Waals surface area (Å²) < 4.78 is 5.69. The minimum absolute atomic E-state index is 0.00698. The van der Waals surface area contributed by atoms with Gasteiger partial charge in [0.05, 0.1) is 12.6 Å². The van der Waals surface area contributed by atoms with E-state index in [1.54, 1.807) is 0 Å². The molecule has 0 saturated carbocycles. The number of aromatic amines is 1. The molecule has 2 fully saturated rings. The van der Waals surface area contributed by atoms with Crippen molar-refractivity contribution >= 4 is 17.5 Å². The Kier molecular flexibility index (Phi) is 6.42. The van der Waals surface area contributed by atoms with Gasteiger partial charge >= 0.3 is 0 Å². The number of piperazine rings is 1. The summed E-state index contributed by atoms with van der Waals surface area (Å²) in [5, 5.41) is 10.4. The Balaban J connectivity index is 1.30. The lowest BCUT2D eigenvalue weighted by atomic mass is 10.0. The number of para-hydroxylation sites is 1. The quantitative estimate of drug-likeness (QED) is 0.586. The van der Waals surface area contributed by atoms with Gasteiger partial charge in [-0.3, -0.25) is 14.7 Å². The summed E-state index contributed by atoms with van der Waals surface area (Å²) in [6.07, 6.45) is 2.81. The van der Waals surface area contributed by atoms with Crippen molar-refractivity contribution in [1.82, 2.24) is 25.4 Å². The van der Waals surface area contributed by atoms with Gasteiger partial charge in [-0.15, -0.1) is 0 Å². The van der Waals surface area contributed by atoms with E-state index >= 15 is 0 Å². The van der Waals surface area contributed by atoms with Crippen LogP contribution in [0.15, 0.2) is 54.6 Å². The van der Waals surface area contributed by atoms with E-state index in [4.69, 9.17) is 9.72 Å². The Morgan fingerprint density at radius 3 is 2.82 bits per heavy atom. The van der Waals surface area contributed by atoms with E-state index in [9.17, 15) is 9.59 Å². The molecule has 9 heteroatoms. The van der Waals surface area contributed by atoms with Crippen LogP contribution in [0.2, 0.25) is 0 Å². The minimum atomic E-state index is -0.157.